The first-order valence-electron chi connectivity index (χ1n) is 20.2. The summed E-state index contributed by atoms with van der Waals surface area (Å²) < 4.78 is 14.5. The van der Waals surface area contributed by atoms with Gasteiger partial charge in [0.2, 0.25) is 0 Å². The quantitative estimate of drug-likeness (QED) is 0.0282. The van der Waals surface area contributed by atoms with E-state index in [1.54, 1.807) is 0 Å². The van der Waals surface area contributed by atoms with Crippen molar-refractivity contribution in [3.63, 3.8) is 0 Å². The molecule has 0 aliphatic carbocycles. The Bertz CT molecular complexity index is 726. The number of hydrogen-bond donors (Lipinski definition) is 0. The van der Waals surface area contributed by atoms with Crippen molar-refractivity contribution in [3.05, 3.63) is 48.6 Å². The molecule has 1 aliphatic rings. The molecule has 274 valence electrons. The lowest BCUT2D eigenvalue weighted by Gasteiger charge is -2.28. The lowest BCUT2D eigenvalue weighted by Crippen LogP contribution is -2.31. The normalized spacial score (nSPS) is 18.9. The molecule has 0 radical (unpaired) electrons. The molecule has 1 rings (SSSR count). The lowest BCUT2D eigenvalue weighted by molar-refractivity contribution is -0.180. The van der Waals surface area contributed by atoms with Gasteiger partial charge in [-0.15, -0.1) is 0 Å². The van der Waals surface area contributed by atoms with Crippen LogP contribution >= 0.6 is 22.6 Å². The Morgan fingerprint density at radius 1 is 0.553 bits per heavy atom. The van der Waals surface area contributed by atoms with E-state index in [1.165, 1.54) is 159 Å². The molecular weight excluding hydrogens is 689 g/mol. The van der Waals surface area contributed by atoms with Gasteiger partial charge in [-0.2, -0.15) is 0 Å². The zero-order valence-electron chi connectivity index (χ0n) is 31.6. The van der Waals surface area contributed by atoms with Gasteiger partial charge in [0.15, 0.2) is 5.79 Å². The van der Waals surface area contributed by atoms with E-state index in [9.17, 15) is 0 Å². The monoisotopic (exact) mass is 768 g/mol. The third kappa shape index (κ3) is 29.1. The van der Waals surface area contributed by atoms with Gasteiger partial charge >= 0.3 is 0 Å². The van der Waals surface area contributed by atoms with Gasteiger partial charge in [0.05, 0.1) is 12.7 Å². The molecular formula is C43H78INO2. The van der Waals surface area contributed by atoms with Crippen molar-refractivity contribution in [3.8, 4) is 0 Å². The second-order valence-electron chi connectivity index (χ2n) is 14.2. The number of nitrogens with zero attached hydrogens (tertiary/aromatic N) is 1. The van der Waals surface area contributed by atoms with Gasteiger partial charge < -0.3 is 14.4 Å². The fraction of sp³-hybridized carbons (Fsp3) is 0.814. The van der Waals surface area contributed by atoms with Crippen LogP contribution in [0, 0.1) is 0 Å². The summed E-state index contributed by atoms with van der Waals surface area (Å²) in [6.07, 6.45) is 53.3. The molecule has 1 aliphatic heterocycles. The first-order valence-corrected chi connectivity index (χ1v) is 21.8. The first kappa shape index (κ1) is 44.6. The van der Waals surface area contributed by atoms with Gasteiger partial charge in [-0.3, -0.25) is 0 Å². The van der Waals surface area contributed by atoms with Gasteiger partial charge in [-0.25, -0.2) is 0 Å². The number of halogens is 1. The highest BCUT2D eigenvalue weighted by Gasteiger charge is 2.40. The first-order chi connectivity index (χ1) is 23.1. The van der Waals surface area contributed by atoms with Crippen molar-refractivity contribution in [2.24, 2.45) is 0 Å². The Kier molecular flexibility index (Phi) is 32.3. The molecule has 1 heterocycles. The maximum atomic E-state index is 6.70. The largest absolute Gasteiger partial charge is 0.347 e. The van der Waals surface area contributed by atoms with E-state index in [4.69, 9.17) is 9.47 Å². The third-order valence-corrected chi connectivity index (χ3v) is 10.0. The van der Waals surface area contributed by atoms with E-state index in [1.807, 2.05) is 0 Å². The fourth-order valence-corrected chi connectivity index (χ4v) is 6.85. The zero-order valence-corrected chi connectivity index (χ0v) is 33.7. The molecule has 1 fully saturated rings. The van der Waals surface area contributed by atoms with Crippen molar-refractivity contribution in [2.45, 2.75) is 192 Å². The Labute approximate surface area is 308 Å². The van der Waals surface area contributed by atoms with Crippen molar-refractivity contribution >= 4 is 22.6 Å². The number of rotatable bonds is 34. The minimum absolute atomic E-state index is 0.272. The molecule has 2 atom stereocenters. The van der Waals surface area contributed by atoms with Crippen LogP contribution in [0.25, 0.3) is 0 Å². The van der Waals surface area contributed by atoms with Crippen LogP contribution in [0.5, 0.6) is 0 Å². The van der Waals surface area contributed by atoms with Gasteiger partial charge in [-0.1, -0.05) is 104 Å². The average molecular weight is 768 g/mol. The topological polar surface area (TPSA) is 21.7 Å². The number of unbranched alkanes of at least 4 members (excludes halogenated alkanes) is 17. The Balaban J connectivity index is 2.21. The summed E-state index contributed by atoms with van der Waals surface area (Å²) >= 11 is 2.47. The van der Waals surface area contributed by atoms with E-state index < -0.39 is 0 Å². The van der Waals surface area contributed by atoms with E-state index >= 15 is 0 Å². The molecule has 0 N–H and O–H groups in total. The number of alkyl halides is 1. The Hall–Kier alpha value is -0.430. The summed E-state index contributed by atoms with van der Waals surface area (Å²) in [5.41, 5.74) is 0. The maximum Gasteiger partial charge on any atom is 0.168 e. The average Bonchev–Trinajstić information content (AvgIpc) is 3.47. The van der Waals surface area contributed by atoms with Crippen LogP contribution < -0.4 is 0 Å². The van der Waals surface area contributed by atoms with E-state index in [0.717, 1.165) is 32.4 Å². The van der Waals surface area contributed by atoms with E-state index in [0.29, 0.717) is 0 Å². The standard InChI is InChI=1S/C43H78INO2/c1-4-5-6-7-8-9-10-11-12-14-17-20-23-26-29-32-37-43(46-41-42(47-43)36-35-40-45(2)3)38-33-30-27-24-21-18-15-13-16-19-22-25-28-31-34-39-44/h8-9,17-18,20-22,25,42H,4-7,10-16,19,23-24,26-41H2,1-3H3/b9-8-,20-17-,21-18-,25-22-/t42-,43?/m0/s1. The summed E-state index contributed by atoms with van der Waals surface area (Å²) in [6.45, 7) is 4.18. The summed E-state index contributed by atoms with van der Waals surface area (Å²) in [5.74, 6) is -0.330. The summed E-state index contributed by atoms with van der Waals surface area (Å²) in [6, 6.07) is 0. The molecule has 47 heavy (non-hydrogen) atoms. The lowest BCUT2D eigenvalue weighted by atomic mass is 9.99. The molecule has 1 unspecified atom stereocenters. The van der Waals surface area contributed by atoms with Crippen LogP contribution in [0.4, 0.5) is 0 Å². The molecule has 0 aromatic heterocycles. The van der Waals surface area contributed by atoms with Gasteiger partial charge in [-0.05, 0) is 160 Å². The number of hydrogen-bond acceptors (Lipinski definition) is 3. The van der Waals surface area contributed by atoms with Crippen LogP contribution in [-0.4, -0.2) is 48.5 Å². The van der Waals surface area contributed by atoms with Crippen molar-refractivity contribution in [1.29, 1.82) is 0 Å². The third-order valence-electron chi connectivity index (χ3n) is 9.28. The number of ether oxygens (including phenoxy) is 2. The van der Waals surface area contributed by atoms with Crippen LogP contribution in [0.15, 0.2) is 48.6 Å². The van der Waals surface area contributed by atoms with E-state index in [-0.39, 0.29) is 11.9 Å². The van der Waals surface area contributed by atoms with Crippen LogP contribution in [-0.2, 0) is 9.47 Å². The van der Waals surface area contributed by atoms with Crippen LogP contribution in [0.3, 0.4) is 0 Å². The predicted octanol–water partition coefficient (Wildman–Crippen LogP) is 13.9. The van der Waals surface area contributed by atoms with Crippen molar-refractivity contribution in [2.75, 3.05) is 31.7 Å². The van der Waals surface area contributed by atoms with Gasteiger partial charge in [0.25, 0.3) is 0 Å². The molecule has 0 aromatic carbocycles. The smallest absolute Gasteiger partial charge is 0.168 e. The minimum atomic E-state index is -0.330. The second-order valence-corrected chi connectivity index (χ2v) is 15.3. The summed E-state index contributed by atoms with van der Waals surface area (Å²) in [4.78, 5) is 2.27. The zero-order chi connectivity index (χ0) is 33.9. The SMILES string of the molecule is CCCCC/C=C\CCCC/C=C\CCCCCC1(CCCCC/C=C\CCCC/C=C\CCCCI)OC[C@H](CCCN(C)C)O1. The highest BCUT2D eigenvalue weighted by Crippen LogP contribution is 2.36. The fourth-order valence-electron chi connectivity index (χ4n) is 6.31. The van der Waals surface area contributed by atoms with E-state index in [2.05, 4.69) is 97.1 Å². The van der Waals surface area contributed by atoms with Gasteiger partial charge in [0, 0.05) is 12.8 Å². The molecule has 0 aromatic rings. The van der Waals surface area contributed by atoms with Gasteiger partial charge in [0.1, 0.15) is 0 Å². The van der Waals surface area contributed by atoms with Crippen molar-refractivity contribution < 1.29 is 9.47 Å². The number of allylic oxidation sites excluding steroid dienone is 8. The summed E-state index contributed by atoms with van der Waals surface area (Å²) in [7, 11) is 4.31. The second kappa shape index (κ2) is 34.0. The van der Waals surface area contributed by atoms with Crippen LogP contribution in [0.2, 0.25) is 0 Å². The molecule has 0 saturated carbocycles. The molecule has 0 amide bonds. The highest BCUT2D eigenvalue weighted by atomic mass is 127. The van der Waals surface area contributed by atoms with Crippen LogP contribution in [0.1, 0.15) is 180 Å². The molecule has 0 bridgehead atoms. The molecule has 1 saturated heterocycles. The van der Waals surface area contributed by atoms with Crippen molar-refractivity contribution in [1.82, 2.24) is 4.90 Å². The molecule has 3 nitrogen and oxygen atoms in total. The Morgan fingerprint density at radius 3 is 1.36 bits per heavy atom. The minimum Gasteiger partial charge on any atom is -0.347 e. The highest BCUT2D eigenvalue weighted by molar-refractivity contribution is 14.1. The maximum absolute atomic E-state index is 6.70. The molecule has 4 heteroatoms. The predicted molar refractivity (Wildman–Crippen MR) is 218 cm³/mol. The Morgan fingerprint density at radius 2 is 0.957 bits per heavy atom. The molecule has 0 spiro atoms. The summed E-state index contributed by atoms with van der Waals surface area (Å²) in [5, 5.41) is 0.